The van der Waals surface area contributed by atoms with Crippen LogP contribution in [0.1, 0.15) is 42.3 Å². The van der Waals surface area contributed by atoms with E-state index in [4.69, 9.17) is 0 Å². The van der Waals surface area contributed by atoms with Crippen LogP contribution in [-0.4, -0.2) is 17.4 Å². The van der Waals surface area contributed by atoms with E-state index in [9.17, 15) is 4.79 Å². The molecule has 2 aromatic carbocycles. The summed E-state index contributed by atoms with van der Waals surface area (Å²) in [5, 5.41) is 3.45. The van der Waals surface area contributed by atoms with Gasteiger partial charge in [-0.15, -0.1) is 0 Å². The Morgan fingerprint density at radius 1 is 1.04 bits per heavy atom. The zero-order valence-corrected chi connectivity index (χ0v) is 16.6. The van der Waals surface area contributed by atoms with Crippen LogP contribution in [0.2, 0.25) is 0 Å². The summed E-state index contributed by atoms with van der Waals surface area (Å²) in [6.07, 6.45) is 4.30. The van der Waals surface area contributed by atoms with Gasteiger partial charge < -0.3 is 10.2 Å². The maximum Gasteiger partial charge on any atom is 0.259 e. The largest absolute Gasteiger partial charge is 0.354 e. The molecule has 0 bridgehead atoms. The summed E-state index contributed by atoms with van der Waals surface area (Å²) in [5.41, 5.74) is 5.91. The van der Waals surface area contributed by atoms with Gasteiger partial charge in [0.25, 0.3) is 5.91 Å². The van der Waals surface area contributed by atoms with E-state index in [1.807, 2.05) is 35.2 Å². The number of pyridine rings is 1. The van der Waals surface area contributed by atoms with Gasteiger partial charge in [0, 0.05) is 24.1 Å². The molecule has 4 nitrogen and oxygen atoms in total. The van der Waals surface area contributed by atoms with Crippen LogP contribution in [0.4, 0.5) is 17.1 Å². The summed E-state index contributed by atoms with van der Waals surface area (Å²) in [4.78, 5) is 19.3. The minimum absolute atomic E-state index is 0.00907. The van der Waals surface area contributed by atoms with Gasteiger partial charge in [-0.1, -0.05) is 57.2 Å². The van der Waals surface area contributed by atoms with Crippen LogP contribution in [-0.2, 0) is 11.8 Å². The molecule has 2 heterocycles. The van der Waals surface area contributed by atoms with Crippen molar-refractivity contribution in [3.63, 3.8) is 0 Å². The number of carbonyl (C=O) groups is 1. The van der Waals surface area contributed by atoms with Gasteiger partial charge in [0.05, 0.1) is 17.4 Å². The zero-order valence-electron chi connectivity index (χ0n) is 16.6. The summed E-state index contributed by atoms with van der Waals surface area (Å²) < 4.78 is 0. The number of benzene rings is 2. The topological polar surface area (TPSA) is 45.2 Å². The highest BCUT2D eigenvalue weighted by molar-refractivity contribution is 6.07. The lowest BCUT2D eigenvalue weighted by atomic mass is 9.86. The highest BCUT2D eigenvalue weighted by atomic mass is 16.2. The van der Waals surface area contributed by atoms with E-state index in [0.29, 0.717) is 12.1 Å². The van der Waals surface area contributed by atoms with Gasteiger partial charge in [0.2, 0.25) is 0 Å². The van der Waals surface area contributed by atoms with E-state index in [1.54, 1.807) is 12.4 Å². The van der Waals surface area contributed by atoms with Gasteiger partial charge in [-0.3, -0.25) is 9.78 Å². The first-order chi connectivity index (χ1) is 13.4. The number of carbonyl (C=O) groups excluding carboxylic acids is 1. The van der Waals surface area contributed by atoms with Crippen LogP contribution in [0.15, 0.2) is 67.0 Å². The van der Waals surface area contributed by atoms with Crippen molar-refractivity contribution >= 4 is 23.0 Å². The average Bonchev–Trinajstić information content (AvgIpc) is 3.11. The molecule has 1 aliphatic rings. The van der Waals surface area contributed by atoms with Crippen molar-refractivity contribution in [3.8, 4) is 0 Å². The molecule has 142 valence electrons. The highest BCUT2D eigenvalue weighted by Crippen LogP contribution is 2.32. The van der Waals surface area contributed by atoms with E-state index in [1.165, 1.54) is 11.1 Å². The molecular formula is C24H25N3O. The Hall–Kier alpha value is -3.14. The quantitative estimate of drug-likeness (QED) is 0.677. The Labute approximate surface area is 166 Å². The fraction of sp³-hybridized carbons (Fsp3) is 0.250. The number of nitrogens with zero attached hydrogens (tertiary/aromatic N) is 2. The molecule has 0 aliphatic carbocycles. The van der Waals surface area contributed by atoms with E-state index >= 15 is 0 Å². The standard InChI is InChI=1S/C24H25N3O/c1-24(2,3)20-9-5-6-10-21(20)26-19-14-18(15-25-16-19)23(28)27-13-12-17-8-4-7-11-22(17)27/h4-11,14-16,26H,12-13H2,1-3H3. The average molecular weight is 371 g/mol. The van der Waals surface area contributed by atoms with Crippen LogP contribution < -0.4 is 10.2 Å². The van der Waals surface area contributed by atoms with Gasteiger partial charge in [0.15, 0.2) is 0 Å². The molecule has 4 rings (SSSR count). The maximum atomic E-state index is 13.1. The van der Waals surface area contributed by atoms with Crippen molar-refractivity contribution in [3.05, 3.63) is 83.7 Å². The van der Waals surface area contributed by atoms with Crippen molar-refractivity contribution < 1.29 is 4.79 Å². The lowest BCUT2D eigenvalue weighted by Gasteiger charge is -2.23. The number of anilines is 3. The van der Waals surface area contributed by atoms with Gasteiger partial charge in [-0.2, -0.15) is 0 Å². The molecule has 0 saturated heterocycles. The third kappa shape index (κ3) is 3.50. The molecule has 28 heavy (non-hydrogen) atoms. The fourth-order valence-corrected chi connectivity index (χ4v) is 3.73. The van der Waals surface area contributed by atoms with Gasteiger partial charge in [-0.05, 0) is 41.2 Å². The molecule has 0 atom stereocenters. The van der Waals surface area contributed by atoms with Crippen molar-refractivity contribution in [1.82, 2.24) is 4.98 Å². The Kier molecular flexibility index (Phi) is 4.63. The number of rotatable bonds is 3. The minimum atomic E-state index is -0.00907. The third-order valence-electron chi connectivity index (χ3n) is 5.13. The summed E-state index contributed by atoms with van der Waals surface area (Å²) in [5.74, 6) is -0.00907. The first kappa shape index (κ1) is 18.2. The summed E-state index contributed by atoms with van der Waals surface area (Å²) in [6.45, 7) is 7.28. The van der Waals surface area contributed by atoms with Crippen molar-refractivity contribution in [2.75, 3.05) is 16.8 Å². The molecule has 1 aromatic heterocycles. The van der Waals surface area contributed by atoms with Gasteiger partial charge in [0.1, 0.15) is 0 Å². The Morgan fingerprint density at radius 2 is 1.79 bits per heavy atom. The van der Waals surface area contributed by atoms with Crippen LogP contribution in [0.3, 0.4) is 0 Å². The van der Waals surface area contributed by atoms with Gasteiger partial charge >= 0.3 is 0 Å². The second-order valence-electron chi connectivity index (χ2n) is 8.22. The predicted molar refractivity (Wildman–Crippen MR) is 114 cm³/mol. The zero-order chi connectivity index (χ0) is 19.7. The highest BCUT2D eigenvalue weighted by Gasteiger charge is 2.25. The number of fused-ring (bicyclic) bond motifs is 1. The Balaban J connectivity index is 1.61. The molecule has 0 saturated carbocycles. The minimum Gasteiger partial charge on any atom is -0.354 e. The molecule has 1 aliphatic heterocycles. The SMILES string of the molecule is CC(C)(C)c1ccccc1Nc1cncc(C(=O)N2CCc3ccccc32)c1. The fourth-order valence-electron chi connectivity index (χ4n) is 3.73. The molecular weight excluding hydrogens is 346 g/mol. The van der Waals surface area contributed by atoms with E-state index in [0.717, 1.165) is 23.5 Å². The molecule has 1 N–H and O–H groups in total. The van der Waals surface area contributed by atoms with Crippen molar-refractivity contribution in [2.45, 2.75) is 32.6 Å². The molecule has 0 unspecified atom stereocenters. The number of nitrogens with one attached hydrogen (secondary N) is 1. The summed E-state index contributed by atoms with van der Waals surface area (Å²) >= 11 is 0. The molecule has 0 radical (unpaired) electrons. The van der Waals surface area contributed by atoms with Crippen LogP contribution >= 0.6 is 0 Å². The Morgan fingerprint density at radius 3 is 2.61 bits per heavy atom. The summed E-state index contributed by atoms with van der Waals surface area (Å²) in [7, 11) is 0. The molecule has 0 spiro atoms. The van der Waals surface area contributed by atoms with Crippen LogP contribution in [0, 0.1) is 0 Å². The summed E-state index contributed by atoms with van der Waals surface area (Å²) in [6, 6.07) is 18.2. The lowest BCUT2D eigenvalue weighted by molar-refractivity contribution is 0.0989. The second-order valence-corrected chi connectivity index (χ2v) is 8.22. The number of amides is 1. The molecule has 3 aromatic rings. The molecule has 4 heteroatoms. The van der Waals surface area contributed by atoms with Crippen LogP contribution in [0.25, 0.3) is 0 Å². The Bertz CT molecular complexity index is 1020. The van der Waals surface area contributed by atoms with Crippen molar-refractivity contribution in [1.29, 1.82) is 0 Å². The smallest absolute Gasteiger partial charge is 0.259 e. The third-order valence-corrected chi connectivity index (χ3v) is 5.13. The first-order valence-corrected chi connectivity index (χ1v) is 9.65. The van der Waals surface area contributed by atoms with Crippen molar-refractivity contribution in [2.24, 2.45) is 0 Å². The van der Waals surface area contributed by atoms with E-state index in [-0.39, 0.29) is 11.3 Å². The first-order valence-electron chi connectivity index (χ1n) is 9.65. The van der Waals surface area contributed by atoms with E-state index < -0.39 is 0 Å². The normalized spacial score (nSPS) is 13.3. The van der Waals surface area contributed by atoms with E-state index in [2.05, 4.69) is 55.3 Å². The molecule has 1 amide bonds. The monoisotopic (exact) mass is 371 g/mol. The number of para-hydroxylation sites is 2. The second kappa shape index (κ2) is 7.12. The van der Waals surface area contributed by atoms with Crippen LogP contribution in [0.5, 0.6) is 0 Å². The molecule has 0 fully saturated rings. The lowest BCUT2D eigenvalue weighted by Crippen LogP contribution is -2.29. The number of aromatic nitrogens is 1. The van der Waals surface area contributed by atoms with Gasteiger partial charge in [-0.25, -0.2) is 0 Å². The number of hydrogen-bond acceptors (Lipinski definition) is 3. The predicted octanol–water partition coefficient (Wildman–Crippen LogP) is 5.33. The maximum absolute atomic E-state index is 13.1. The number of hydrogen-bond donors (Lipinski definition) is 1.